The van der Waals surface area contributed by atoms with E-state index in [1.807, 2.05) is 18.6 Å². The second-order valence-corrected chi connectivity index (χ2v) is 6.88. The molecule has 4 heterocycles. The number of nitrogens with one attached hydrogen (secondary N) is 1. The minimum atomic E-state index is 0.730. The van der Waals surface area contributed by atoms with Gasteiger partial charge >= 0.3 is 0 Å². The molecule has 2 aliphatic heterocycles. The van der Waals surface area contributed by atoms with Crippen LogP contribution in [0.5, 0.6) is 0 Å². The van der Waals surface area contributed by atoms with Crippen LogP contribution in [0.4, 0.5) is 5.69 Å². The largest absolute Gasteiger partial charge is 0.368 e. The van der Waals surface area contributed by atoms with Crippen molar-refractivity contribution in [2.75, 3.05) is 31.6 Å². The SMILES string of the molecule is CN1C[C@H]2CN(c3cncc(-c4ccc5cc[nH]c5c4)c3)C[C@H]21. The number of hydrogen-bond acceptors (Lipinski definition) is 3. The number of pyridine rings is 1. The van der Waals surface area contributed by atoms with Crippen LogP contribution in [0.1, 0.15) is 0 Å². The van der Waals surface area contributed by atoms with Crippen molar-refractivity contribution in [3.05, 3.63) is 48.9 Å². The second kappa shape index (κ2) is 4.83. The summed E-state index contributed by atoms with van der Waals surface area (Å²) < 4.78 is 0. The van der Waals surface area contributed by atoms with Crippen LogP contribution in [-0.2, 0) is 0 Å². The Morgan fingerprint density at radius 3 is 2.87 bits per heavy atom. The molecule has 2 aliphatic rings. The standard InChI is InChI=1S/C19H20N4/c1-22-10-16-11-23(12-19(16)22)17-6-15(8-20-9-17)14-3-2-13-4-5-21-18(13)7-14/h2-9,16,19,21H,10-12H2,1H3/t16-,19+/m0/s1. The first-order chi connectivity index (χ1) is 11.3. The Morgan fingerprint density at radius 1 is 1.04 bits per heavy atom. The van der Waals surface area contributed by atoms with E-state index in [0.717, 1.165) is 25.0 Å². The number of fused-ring (bicyclic) bond motifs is 2. The zero-order valence-corrected chi connectivity index (χ0v) is 13.2. The Morgan fingerprint density at radius 2 is 2.00 bits per heavy atom. The summed E-state index contributed by atoms with van der Waals surface area (Å²) in [7, 11) is 2.23. The molecule has 0 aliphatic carbocycles. The molecule has 4 heteroatoms. The first kappa shape index (κ1) is 13.1. The molecule has 5 rings (SSSR count). The summed E-state index contributed by atoms with van der Waals surface area (Å²) in [6.45, 7) is 3.52. The van der Waals surface area contributed by atoms with Crippen molar-refractivity contribution < 1.29 is 0 Å². The predicted molar refractivity (Wildman–Crippen MR) is 93.7 cm³/mol. The lowest BCUT2D eigenvalue weighted by molar-refractivity contribution is 0.0827. The highest BCUT2D eigenvalue weighted by molar-refractivity contribution is 5.85. The van der Waals surface area contributed by atoms with Crippen molar-refractivity contribution >= 4 is 16.6 Å². The number of likely N-dealkylation sites (tertiary alicyclic amines) is 1. The maximum Gasteiger partial charge on any atom is 0.0559 e. The monoisotopic (exact) mass is 304 g/mol. The summed E-state index contributed by atoms with van der Waals surface area (Å²) >= 11 is 0. The molecule has 4 nitrogen and oxygen atoms in total. The van der Waals surface area contributed by atoms with E-state index in [4.69, 9.17) is 0 Å². The molecule has 0 bridgehead atoms. The quantitative estimate of drug-likeness (QED) is 0.790. The van der Waals surface area contributed by atoms with E-state index in [9.17, 15) is 0 Å². The van der Waals surface area contributed by atoms with Crippen molar-refractivity contribution in [1.29, 1.82) is 0 Å². The number of nitrogens with zero attached hydrogens (tertiary/aromatic N) is 3. The normalized spacial score (nSPS) is 24.0. The lowest BCUT2D eigenvalue weighted by atomic mass is 9.93. The van der Waals surface area contributed by atoms with Crippen LogP contribution in [0.3, 0.4) is 0 Å². The maximum absolute atomic E-state index is 4.50. The Balaban J connectivity index is 1.48. The molecule has 3 aromatic rings. The molecule has 2 atom stereocenters. The average molecular weight is 304 g/mol. The average Bonchev–Trinajstić information content (AvgIpc) is 3.18. The molecule has 0 amide bonds. The van der Waals surface area contributed by atoms with Crippen molar-refractivity contribution in [3.8, 4) is 11.1 Å². The zero-order valence-electron chi connectivity index (χ0n) is 13.2. The van der Waals surface area contributed by atoms with Gasteiger partial charge in [0.1, 0.15) is 0 Å². The highest BCUT2D eigenvalue weighted by Crippen LogP contribution is 2.34. The Kier molecular flexibility index (Phi) is 2.76. The molecule has 116 valence electrons. The van der Waals surface area contributed by atoms with E-state index in [2.05, 4.69) is 57.1 Å². The molecule has 0 radical (unpaired) electrons. The number of hydrogen-bond donors (Lipinski definition) is 1. The molecule has 2 aromatic heterocycles. The highest BCUT2D eigenvalue weighted by atomic mass is 15.3. The van der Waals surface area contributed by atoms with Gasteiger partial charge in [0.15, 0.2) is 0 Å². The minimum Gasteiger partial charge on any atom is -0.368 e. The summed E-state index contributed by atoms with van der Waals surface area (Å²) in [6.07, 6.45) is 5.95. The molecule has 0 spiro atoms. The fraction of sp³-hybridized carbons (Fsp3) is 0.316. The number of rotatable bonds is 2. The van der Waals surface area contributed by atoms with Gasteiger partial charge in [-0.05, 0) is 36.2 Å². The van der Waals surface area contributed by atoms with E-state index < -0.39 is 0 Å². The van der Waals surface area contributed by atoms with E-state index in [0.29, 0.717) is 0 Å². The summed E-state index contributed by atoms with van der Waals surface area (Å²) in [5.41, 5.74) is 4.82. The minimum absolute atomic E-state index is 0.730. The number of benzene rings is 1. The van der Waals surface area contributed by atoms with Crippen molar-refractivity contribution in [1.82, 2.24) is 14.9 Å². The number of anilines is 1. The molecule has 1 N–H and O–H groups in total. The topological polar surface area (TPSA) is 35.2 Å². The van der Waals surface area contributed by atoms with Gasteiger partial charge in [0.2, 0.25) is 0 Å². The van der Waals surface area contributed by atoms with Crippen LogP contribution in [0.2, 0.25) is 0 Å². The van der Waals surface area contributed by atoms with Crippen LogP contribution in [0.25, 0.3) is 22.0 Å². The summed E-state index contributed by atoms with van der Waals surface area (Å²) in [4.78, 5) is 12.7. The summed E-state index contributed by atoms with van der Waals surface area (Å²) in [5, 5.41) is 1.25. The second-order valence-electron chi connectivity index (χ2n) is 6.88. The highest BCUT2D eigenvalue weighted by Gasteiger charge is 2.43. The number of aromatic amines is 1. The molecule has 1 aromatic carbocycles. The number of aromatic nitrogens is 2. The van der Waals surface area contributed by atoms with Gasteiger partial charge in [-0.25, -0.2) is 0 Å². The van der Waals surface area contributed by atoms with E-state index in [-0.39, 0.29) is 0 Å². The van der Waals surface area contributed by atoms with Crippen LogP contribution in [0.15, 0.2) is 48.9 Å². The van der Waals surface area contributed by atoms with Crippen LogP contribution < -0.4 is 4.90 Å². The van der Waals surface area contributed by atoms with Gasteiger partial charge in [-0.2, -0.15) is 0 Å². The van der Waals surface area contributed by atoms with Gasteiger partial charge in [0, 0.05) is 55.1 Å². The van der Waals surface area contributed by atoms with Gasteiger partial charge < -0.3 is 14.8 Å². The smallest absolute Gasteiger partial charge is 0.0559 e. The fourth-order valence-electron chi connectivity index (χ4n) is 4.10. The Bertz CT molecular complexity index is 868. The third-order valence-corrected chi connectivity index (χ3v) is 5.47. The van der Waals surface area contributed by atoms with Gasteiger partial charge in [0.05, 0.1) is 11.9 Å². The van der Waals surface area contributed by atoms with Gasteiger partial charge in [-0.3, -0.25) is 4.98 Å². The molecule has 2 saturated heterocycles. The fourth-order valence-corrected chi connectivity index (χ4v) is 4.10. The molecule has 23 heavy (non-hydrogen) atoms. The van der Waals surface area contributed by atoms with E-state index in [1.54, 1.807) is 0 Å². The maximum atomic E-state index is 4.50. The molecular formula is C19H20N4. The third-order valence-electron chi connectivity index (χ3n) is 5.47. The summed E-state index contributed by atoms with van der Waals surface area (Å²) in [6, 6.07) is 11.7. The Hall–Kier alpha value is -2.33. The molecule has 2 fully saturated rings. The van der Waals surface area contributed by atoms with Gasteiger partial charge in [-0.15, -0.1) is 0 Å². The van der Waals surface area contributed by atoms with Crippen molar-refractivity contribution in [2.45, 2.75) is 6.04 Å². The van der Waals surface area contributed by atoms with Crippen LogP contribution in [-0.4, -0.2) is 47.6 Å². The molecule has 0 saturated carbocycles. The van der Waals surface area contributed by atoms with Crippen LogP contribution in [0, 0.1) is 5.92 Å². The first-order valence-corrected chi connectivity index (χ1v) is 8.26. The number of likely N-dealkylation sites (N-methyl/N-ethyl adjacent to an activating group) is 1. The van der Waals surface area contributed by atoms with Crippen molar-refractivity contribution in [3.63, 3.8) is 0 Å². The summed E-state index contributed by atoms with van der Waals surface area (Å²) in [5.74, 6) is 0.832. The van der Waals surface area contributed by atoms with E-state index in [1.165, 1.54) is 34.3 Å². The number of H-pyrrole nitrogens is 1. The van der Waals surface area contributed by atoms with Crippen LogP contribution >= 0.6 is 0 Å². The predicted octanol–water partition coefficient (Wildman–Crippen LogP) is 2.98. The van der Waals surface area contributed by atoms with Gasteiger partial charge in [-0.1, -0.05) is 12.1 Å². The van der Waals surface area contributed by atoms with Gasteiger partial charge in [0.25, 0.3) is 0 Å². The molecule has 0 unspecified atom stereocenters. The van der Waals surface area contributed by atoms with E-state index >= 15 is 0 Å². The lowest BCUT2D eigenvalue weighted by Gasteiger charge is -2.40. The lowest BCUT2D eigenvalue weighted by Crippen LogP contribution is -2.52. The zero-order chi connectivity index (χ0) is 15.4. The molecular weight excluding hydrogens is 284 g/mol. The van der Waals surface area contributed by atoms with Crippen molar-refractivity contribution in [2.24, 2.45) is 5.92 Å². The third kappa shape index (κ3) is 2.05. The first-order valence-electron chi connectivity index (χ1n) is 8.26. The Labute approximate surface area is 135 Å².